The van der Waals surface area contributed by atoms with E-state index in [2.05, 4.69) is 0 Å². The first-order valence-corrected chi connectivity index (χ1v) is 10.9. The molecular weight excluding hydrogens is 368 g/mol. The van der Waals surface area contributed by atoms with Crippen LogP contribution in [0.4, 0.5) is 0 Å². The average Bonchev–Trinajstić information content (AvgIpc) is 2.52. The normalized spacial score (nSPS) is 35.3. The number of rotatable bonds is 4. The zero-order valence-electron chi connectivity index (χ0n) is 15.6. The van der Waals surface area contributed by atoms with Gasteiger partial charge >= 0.3 is 5.97 Å². The fraction of sp³-hybridized carbons (Fsp3) is 0.650. The van der Waals surface area contributed by atoms with Crippen molar-refractivity contribution >= 4 is 16.1 Å². The molecule has 4 fully saturated rings. The van der Waals surface area contributed by atoms with E-state index < -0.39 is 15.7 Å². The maximum absolute atomic E-state index is 12.9. The van der Waals surface area contributed by atoms with Gasteiger partial charge in [-0.3, -0.25) is 4.79 Å². The molecule has 6 nitrogen and oxygen atoms in total. The van der Waals surface area contributed by atoms with Crippen LogP contribution < -0.4 is 4.74 Å². The van der Waals surface area contributed by atoms with Crippen LogP contribution in [0.1, 0.15) is 46.0 Å². The number of carbonyl (C=O) groups is 1. The van der Waals surface area contributed by atoms with Crippen LogP contribution in [0.5, 0.6) is 5.75 Å². The van der Waals surface area contributed by atoms with E-state index >= 15 is 0 Å². The average molecular weight is 393 g/mol. The molecule has 0 spiro atoms. The van der Waals surface area contributed by atoms with E-state index in [1.54, 1.807) is 0 Å². The van der Waals surface area contributed by atoms with Gasteiger partial charge in [-0.1, -0.05) is 0 Å². The zero-order valence-corrected chi connectivity index (χ0v) is 16.4. The zero-order chi connectivity index (χ0) is 19.6. The number of aliphatic hydroxyl groups is 1. The predicted octanol–water partition coefficient (Wildman–Crippen LogP) is 2.71. The largest absolute Gasteiger partial charge is 0.744 e. The van der Waals surface area contributed by atoms with Gasteiger partial charge in [0.15, 0.2) is 0 Å². The van der Waals surface area contributed by atoms with Gasteiger partial charge in [0.05, 0.1) is 16.4 Å². The van der Waals surface area contributed by atoms with Crippen LogP contribution in [-0.4, -0.2) is 29.6 Å². The molecule has 1 N–H and O–H groups in total. The third kappa shape index (κ3) is 3.19. The smallest absolute Gasteiger partial charge is 0.314 e. The van der Waals surface area contributed by atoms with Crippen LogP contribution in [0.2, 0.25) is 0 Å². The summed E-state index contributed by atoms with van der Waals surface area (Å²) in [5, 5.41) is 10.7. The number of carbonyl (C=O) groups excluding carboxylic acids is 1. The molecule has 0 heterocycles. The molecule has 0 aromatic heterocycles. The van der Waals surface area contributed by atoms with Gasteiger partial charge in [-0.05, 0) is 93.4 Å². The van der Waals surface area contributed by atoms with Gasteiger partial charge in [0.1, 0.15) is 15.9 Å². The maximum atomic E-state index is 12.9. The lowest BCUT2D eigenvalue weighted by molar-refractivity contribution is -0.192. The molecule has 27 heavy (non-hydrogen) atoms. The van der Waals surface area contributed by atoms with Crippen molar-refractivity contribution in [2.75, 3.05) is 0 Å². The molecule has 0 aliphatic heterocycles. The second kappa shape index (κ2) is 6.03. The van der Waals surface area contributed by atoms with Gasteiger partial charge in [0.25, 0.3) is 0 Å². The monoisotopic (exact) mass is 393 g/mol. The van der Waals surface area contributed by atoms with E-state index in [0.717, 1.165) is 44.2 Å². The Bertz CT molecular complexity index is 835. The van der Waals surface area contributed by atoms with Crippen molar-refractivity contribution in [1.82, 2.24) is 0 Å². The quantitative estimate of drug-likeness (QED) is 0.479. The molecule has 5 rings (SSSR count). The van der Waals surface area contributed by atoms with Gasteiger partial charge < -0.3 is 14.4 Å². The number of esters is 1. The van der Waals surface area contributed by atoms with Crippen molar-refractivity contribution < 1.29 is 27.6 Å². The minimum absolute atomic E-state index is 0.107. The lowest BCUT2D eigenvalue weighted by Crippen LogP contribution is -2.60. The summed E-state index contributed by atoms with van der Waals surface area (Å²) in [7, 11) is -4.52. The molecule has 0 amide bonds. The molecule has 148 valence electrons. The Morgan fingerprint density at radius 3 is 2.19 bits per heavy atom. The Hall–Kier alpha value is -1.44. The Labute approximate surface area is 159 Å². The van der Waals surface area contributed by atoms with Crippen LogP contribution in [0.3, 0.4) is 0 Å². The number of benzene rings is 1. The molecule has 4 bridgehead atoms. The van der Waals surface area contributed by atoms with Gasteiger partial charge in [0, 0.05) is 0 Å². The summed E-state index contributed by atoms with van der Waals surface area (Å²) in [5.41, 5.74) is -0.860. The fourth-order valence-electron chi connectivity index (χ4n) is 6.02. The SMILES string of the molecule is CC(C)(O)C12CC3CC(C1)C(C(=O)Oc1ccc(S(=O)(=O)[O-])cc1)C(C3)C2. The summed E-state index contributed by atoms with van der Waals surface area (Å²) in [6.07, 6.45) is 4.73. The Balaban J connectivity index is 1.51. The first kappa shape index (κ1) is 18.9. The minimum Gasteiger partial charge on any atom is -0.744 e. The molecule has 0 saturated heterocycles. The van der Waals surface area contributed by atoms with E-state index in [-0.39, 0.29) is 39.8 Å². The summed E-state index contributed by atoms with van der Waals surface area (Å²) >= 11 is 0. The summed E-state index contributed by atoms with van der Waals surface area (Å²) in [6.45, 7) is 3.78. The number of hydrogen-bond acceptors (Lipinski definition) is 6. The van der Waals surface area contributed by atoms with Crippen molar-refractivity contribution in [3.8, 4) is 5.75 Å². The van der Waals surface area contributed by atoms with E-state index in [1.165, 1.54) is 12.1 Å². The van der Waals surface area contributed by atoms with E-state index in [1.807, 2.05) is 13.8 Å². The summed E-state index contributed by atoms with van der Waals surface area (Å²) in [4.78, 5) is 12.5. The number of ether oxygens (including phenoxy) is 1. The summed E-state index contributed by atoms with van der Waals surface area (Å²) in [5.74, 6) is 0.790. The summed E-state index contributed by atoms with van der Waals surface area (Å²) in [6, 6.07) is 5.00. The highest BCUT2D eigenvalue weighted by Crippen LogP contribution is 2.65. The minimum atomic E-state index is -4.52. The van der Waals surface area contributed by atoms with Gasteiger partial charge in [0.2, 0.25) is 0 Å². The summed E-state index contributed by atoms with van der Waals surface area (Å²) < 4.78 is 38.6. The lowest BCUT2D eigenvalue weighted by Gasteiger charge is -2.62. The van der Waals surface area contributed by atoms with Crippen LogP contribution in [-0.2, 0) is 14.9 Å². The standard InChI is InChI=1S/C20H26O6S/c1-19(2,22)20-9-12-7-13(10-20)17(14(8-12)11-20)18(21)26-15-3-5-16(6-4-15)27(23,24)25/h3-6,12-14,17,22H,7-11H2,1-2H3,(H,23,24,25)/p-1. The van der Waals surface area contributed by atoms with Crippen LogP contribution >= 0.6 is 0 Å². The van der Waals surface area contributed by atoms with E-state index in [9.17, 15) is 22.9 Å². The molecule has 4 aliphatic carbocycles. The van der Waals surface area contributed by atoms with E-state index in [4.69, 9.17) is 4.74 Å². The maximum Gasteiger partial charge on any atom is 0.314 e. The molecule has 7 heteroatoms. The van der Waals surface area contributed by atoms with Gasteiger partial charge in [-0.25, -0.2) is 8.42 Å². The third-order valence-electron chi connectivity index (χ3n) is 7.17. The third-order valence-corrected chi connectivity index (χ3v) is 8.02. The van der Waals surface area contributed by atoms with Crippen molar-refractivity contribution in [3.63, 3.8) is 0 Å². The molecular formula is C20H25O6S-. The highest BCUT2D eigenvalue weighted by molar-refractivity contribution is 7.85. The molecule has 2 unspecified atom stereocenters. The Morgan fingerprint density at radius 2 is 1.70 bits per heavy atom. The van der Waals surface area contributed by atoms with E-state index in [0.29, 0.717) is 5.92 Å². The lowest BCUT2D eigenvalue weighted by atomic mass is 9.43. The molecule has 2 atom stereocenters. The van der Waals surface area contributed by atoms with Gasteiger partial charge in [-0.15, -0.1) is 0 Å². The highest BCUT2D eigenvalue weighted by atomic mass is 32.2. The first-order chi connectivity index (χ1) is 12.5. The van der Waals surface area contributed by atoms with Crippen molar-refractivity contribution in [3.05, 3.63) is 24.3 Å². The first-order valence-electron chi connectivity index (χ1n) is 9.49. The van der Waals surface area contributed by atoms with Crippen LogP contribution in [0.25, 0.3) is 0 Å². The van der Waals surface area contributed by atoms with Crippen molar-refractivity contribution in [1.29, 1.82) is 0 Å². The highest BCUT2D eigenvalue weighted by Gasteiger charge is 2.61. The fourth-order valence-corrected chi connectivity index (χ4v) is 6.49. The molecule has 0 radical (unpaired) electrons. The second-order valence-electron chi connectivity index (χ2n) is 9.18. The second-order valence-corrected chi connectivity index (χ2v) is 10.6. The van der Waals surface area contributed by atoms with Crippen LogP contribution in [0.15, 0.2) is 29.2 Å². The Kier molecular flexibility index (Phi) is 4.22. The Morgan fingerprint density at radius 1 is 1.15 bits per heavy atom. The van der Waals surface area contributed by atoms with Crippen molar-refractivity contribution in [2.24, 2.45) is 29.1 Å². The molecule has 4 saturated carbocycles. The topological polar surface area (TPSA) is 104 Å². The molecule has 1 aromatic carbocycles. The predicted molar refractivity (Wildman–Crippen MR) is 95.8 cm³/mol. The molecule has 1 aromatic rings. The van der Waals surface area contributed by atoms with Crippen LogP contribution in [0, 0.1) is 29.1 Å². The van der Waals surface area contributed by atoms with Crippen molar-refractivity contribution in [2.45, 2.75) is 56.4 Å². The molecule has 4 aliphatic rings. The number of hydrogen-bond donors (Lipinski definition) is 1. The van der Waals surface area contributed by atoms with Gasteiger partial charge in [-0.2, -0.15) is 0 Å².